The van der Waals surface area contributed by atoms with Gasteiger partial charge >= 0.3 is 0 Å². The summed E-state index contributed by atoms with van der Waals surface area (Å²) in [5.41, 5.74) is 0.398. The van der Waals surface area contributed by atoms with E-state index in [2.05, 4.69) is 4.72 Å². The number of hydrogen-bond donors (Lipinski definition) is 4. The van der Waals surface area contributed by atoms with E-state index in [1.807, 2.05) is 6.92 Å². The molecule has 6 nitrogen and oxygen atoms in total. The molecule has 0 atom stereocenters. The SMILES string of the molecule is Cc1cc(C)c(S(=O)(=O)NC(CO)(CO)CO)c(C)c1. The molecule has 0 unspecified atom stereocenters. The van der Waals surface area contributed by atoms with E-state index in [4.69, 9.17) is 0 Å². The number of aryl methyl sites for hydroxylation is 3. The normalized spacial score (nSPS) is 12.7. The first kappa shape index (κ1) is 17.1. The minimum atomic E-state index is -3.96. The molecule has 0 heterocycles. The summed E-state index contributed by atoms with van der Waals surface area (Å²) in [5.74, 6) is 0. The van der Waals surface area contributed by atoms with Crippen molar-refractivity contribution in [2.75, 3.05) is 19.8 Å². The highest BCUT2D eigenvalue weighted by Crippen LogP contribution is 2.23. The first-order valence-electron chi connectivity index (χ1n) is 6.16. The molecule has 0 amide bonds. The van der Waals surface area contributed by atoms with E-state index in [9.17, 15) is 23.7 Å². The van der Waals surface area contributed by atoms with Gasteiger partial charge in [0.2, 0.25) is 10.0 Å². The maximum Gasteiger partial charge on any atom is 0.241 e. The zero-order valence-corrected chi connectivity index (χ0v) is 12.7. The maximum atomic E-state index is 12.4. The lowest BCUT2D eigenvalue weighted by molar-refractivity contribution is 0.0581. The second-order valence-electron chi connectivity index (χ2n) is 5.09. The van der Waals surface area contributed by atoms with E-state index >= 15 is 0 Å². The van der Waals surface area contributed by atoms with Crippen molar-refractivity contribution in [1.82, 2.24) is 4.72 Å². The Balaban J connectivity index is 3.32. The third-order valence-corrected chi connectivity index (χ3v) is 5.02. The van der Waals surface area contributed by atoms with Crippen LogP contribution in [0.5, 0.6) is 0 Å². The fraction of sp³-hybridized carbons (Fsp3) is 0.538. The molecule has 7 heteroatoms. The maximum absolute atomic E-state index is 12.4. The van der Waals surface area contributed by atoms with Crippen LogP contribution in [0.1, 0.15) is 16.7 Å². The van der Waals surface area contributed by atoms with Crippen LogP contribution in [0.4, 0.5) is 0 Å². The van der Waals surface area contributed by atoms with Gasteiger partial charge in [-0.1, -0.05) is 17.7 Å². The van der Waals surface area contributed by atoms with Gasteiger partial charge in [-0.2, -0.15) is 4.72 Å². The van der Waals surface area contributed by atoms with Crippen molar-refractivity contribution in [2.24, 2.45) is 0 Å². The topological polar surface area (TPSA) is 107 Å². The first-order chi connectivity index (χ1) is 9.21. The van der Waals surface area contributed by atoms with Gasteiger partial charge in [-0.05, 0) is 31.9 Å². The largest absolute Gasteiger partial charge is 0.394 e. The summed E-state index contributed by atoms with van der Waals surface area (Å²) in [7, 11) is -3.96. The molecule has 0 saturated heterocycles. The molecule has 0 fully saturated rings. The summed E-state index contributed by atoms with van der Waals surface area (Å²) in [6.45, 7) is 3.10. The van der Waals surface area contributed by atoms with Crippen LogP contribution in [0.3, 0.4) is 0 Å². The van der Waals surface area contributed by atoms with E-state index in [1.54, 1.807) is 26.0 Å². The van der Waals surface area contributed by atoms with Crippen molar-refractivity contribution in [3.63, 3.8) is 0 Å². The van der Waals surface area contributed by atoms with Crippen molar-refractivity contribution in [1.29, 1.82) is 0 Å². The molecule has 0 aromatic heterocycles. The summed E-state index contributed by atoms with van der Waals surface area (Å²) < 4.78 is 27.1. The number of aliphatic hydroxyl groups is 3. The Bertz CT molecular complexity index is 547. The molecule has 0 aliphatic carbocycles. The van der Waals surface area contributed by atoms with Gasteiger partial charge in [-0.15, -0.1) is 0 Å². The molecular weight excluding hydrogens is 282 g/mol. The van der Waals surface area contributed by atoms with E-state index in [1.165, 1.54) is 0 Å². The van der Waals surface area contributed by atoms with E-state index in [0.717, 1.165) is 5.56 Å². The molecule has 0 bridgehead atoms. The summed E-state index contributed by atoms with van der Waals surface area (Å²) >= 11 is 0. The van der Waals surface area contributed by atoms with Crippen LogP contribution in [0, 0.1) is 20.8 Å². The Hall–Kier alpha value is -0.990. The number of benzene rings is 1. The van der Waals surface area contributed by atoms with Crippen molar-refractivity contribution in [2.45, 2.75) is 31.2 Å². The molecule has 0 aliphatic rings. The summed E-state index contributed by atoms with van der Waals surface area (Å²) in [6.07, 6.45) is 0. The lowest BCUT2D eigenvalue weighted by Crippen LogP contribution is -2.57. The van der Waals surface area contributed by atoms with Crippen LogP contribution in [0.25, 0.3) is 0 Å². The Morgan fingerprint density at radius 3 is 1.75 bits per heavy atom. The number of sulfonamides is 1. The van der Waals surface area contributed by atoms with Crippen molar-refractivity contribution < 1.29 is 23.7 Å². The van der Waals surface area contributed by atoms with Gasteiger partial charge in [0.1, 0.15) is 5.54 Å². The predicted octanol–water partition coefficient (Wildman–Crippen LogP) is -0.394. The van der Waals surface area contributed by atoms with Crippen molar-refractivity contribution in [3.05, 3.63) is 28.8 Å². The minimum absolute atomic E-state index is 0.0998. The zero-order chi connectivity index (χ0) is 15.6. The fourth-order valence-corrected chi connectivity index (χ4v) is 4.00. The Kier molecular flexibility index (Phi) is 5.28. The van der Waals surface area contributed by atoms with Gasteiger partial charge < -0.3 is 15.3 Å². The highest BCUT2D eigenvalue weighted by molar-refractivity contribution is 7.89. The molecular formula is C13H21NO5S. The molecule has 1 aromatic carbocycles. The van der Waals surface area contributed by atoms with Crippen LogP contribution in [0.15, 0.2) is 17.0 Å². The zero-order valence-electron chi connectivity index (χ0n) is 11.8. The van der Waals surface area contributed by atoms with Crippen LogP contribution >= 0.6 is 0 Å². The summed E-state index contributed by atoms with van der Waals surface area (Å²) in [4.78, 5) is 0.0998. The van der Waals surface area contributed by atoms with Crippen LogP contribution in [-0.2, 0) is 10.0 Å². The third-order valence-electron chi connectivity index (χ3n) is 3.13. The lowest BCUT2D eigenvalue weighted by Gasteiger charge is -2.29. The fourth-order valence-electron chi connectivity index (χ4n) is 2.17. The Labute approximate surface area is 119 Å². The molecule has 114 valence electrons. The average molecular weight is 303 g/mol. The predicted molar refractivity (Wildman–Crippen MR) is 75.0 cm³/mol. The number of hydrogen-bond acceptors (Lipinski definition) is 5. The minimum Gasteiger partial charge on any atom is -0.394 e. The van der Waals surface area contributed by atoms with Crippen LogP contribution in [0.2, 0.25) is 0 Å². The second kappa shape index (κ2) is 6.19. The molecule has 0 radical (unpaired) electrons. The smallest absolute Gasteiger partial charge is 0.241 e. The summed E-state index contributed by atoms with van der Waals surface area (Å²) in [5, 5.41) is 27.7. The van der Waals surface area contributed by atoms with Crippen LogP contribution in [-0.4, -0.2) is 49.1 Å². The molecule has 0 aliphatic heterocycles. The van der Waals surface area contributed by atoms with Crippen molar-refractivity contribution >= 4 is 10.0 Å². The third kappa shape index (κ3) is 3.36. The number of aliphatic hydroxyl groups excluding tert-OH is 3. The van der Waals surface area contributed by atoms with Gasteiger partial charge in [-0.3, -0.25) is 0 Å². The van der Waals surface area contributed by atoms with Crippen molar-refractivity contribution in [3.8, 4) is 0 Å². The monoisotopic (exact) mass is 303 g/mol. The molecule has 20 heavy (non-hydrogen) atoms. The Morgan fingerprint density at radius 1 is 1.00 bits per heavy atom. The first-order valence-corrected chi connectivity index (χ1v) is 7.64. The van der Waals surface area contributed by atoms with Gasteiger partial charge in [0.15, 0.2) is 0 Å². The molecule has 4 N–H and O–H groups in total. The Morgan fingerprint density at radius 2 is 1.40 bits per heavy atom. The second-order valence-corrected chi connectivity index (χ2v) is 6.71. The van der Waals surface area contributed by atoms with Gasteiger partial charge in [0.05, 0.1) is 24.7 Å². The lowest BCUT2D eigenvalue weighted by atomic mass is 10.1. The van der Waals surface area contributed by atoms with E-state index in [-0.39, 0.29) is 4.90 Å². The highest BCUT2D eigenvalue weighted by atomic mass is 32.2. The van der Waals surface area contributed by atoms with Gasteiger partial charge in [0, 0.05) is 0 Å². The molecule has 1 rings (SSSR count). The standard InChI is InChI=1S/C13H21NO5S/c1-9-4-10(2)12(11(3)5-9)20(18,19)14-13(6-15,7-16)8-17/h4-5,14-17H,6-8H2,1-3H3. The van der Waals surface area contributed by atoms with E-state index < -0.39 is 35.4 Å². The highest BCUT2D eigenvalue weighted by Gasteiger charge is 2.35. The average Bonchev–Trinajstić information content (AvgIpc) is 2.34. The number of rotatable bonds is 6. The van der Waals surface area contributed by atoms with Gasteiger partial charge in [-0.25, -0.2) is 8.42 Å². The molecule has 0 saturated carbocycles. The quantitative estimate of drug-likeness (QED) is 0.572. The van der Waals surface area contributed by atoms with E-state index in [0.29, 0.717) is 11.1 Å². The molecule has 0 spiro atoms. The molecule has 1 aromatic rings. The number of nitrogens with one attached hydrogen (secondary N) is 1. The van der Waals surface area contributed by atoms with Crippen LogP contribution < -0.4 is 4.72 Å². The van der Waals surface area contributed by atoms with Gasteiger partial charge in [0.25, 0.3) is 0 Å². The summed E-state index contributed by atoms with van der Waals surface area (Å²) in [6, 6.07) is 3.47.